The van der Waals surface area contributed by atoms with Crippen LogP contribution in [0, 0.1) is 5.92 Å². The molecule has 1 aromatic rings. The molecule has 0 unspecified atom stereocenters. The second kappa shape index (κ2) is 6.16. The minimum absolute atomic E-state index is 0.466. The van der Waals surface area contributed by atoms with Crippen molar-refractivity contribution in [3.05, 3.63) is 28.2 Å². The van der Waals surface area contributed by atoms with Crippen molar-refractivity contribution in [2.24, 2.45) is 5.92 Å². The van der Waals surface area contributed by atoms with E-state index in [9.17, 15) is 13.2 Å². The number of anilines is 1. The summed E-state index contributed by atoms with van der Waals surface area (Å²) in [5, 5.41) is 3.20. The number of nitrogens with one attached hydrogen (secondary N) is 1. The van der Waals surface area contributed by atoms with Crippen LogP contribution < -0.4 is 5.32 Å². The van der Waals surface area contributed by atoms with Crippen molar-refractivity contribution in [2.75, 3.05) is 11.9 Å². The van der Waals surface area contributed by atoms with Gasteiger partial charge in [-0.1, -0.05) is 25.7 Å². The van der Waals surface area contributed by atoms with Gasteiger partial charge in [0.25, 0.3) is 0 Å². The highest BCUT2D eigenvalue weighted by Crippen LogP contribution is 2.34. The summed E-state index contributed by atoms with van der Waals surface area (Å²) < 4.78 is 38.0. The molecule has 1 N–H and O–H groups in total. The third kappa shape index (κ3) is 4.13. The van der Waals surface area contributed by atoms with Gasteiger partial charge in [-0.15, -0.1) is 0 Å². The molecule has 0 amide bonds. The van der Waals surface area contributed by atoms with Crippen LogP contribution in [0.5, 0.6) is 0 Å². The van der Waals surface area contributed by atoms with E-state index in [4.69, 9.17) is 0 Å². The minimum atomic E-state index is -4.29. The van der Waals surface area contributed by atoms with Gasteiger partial charge in [-0.3, -0.25) is 0 Å². The predicted octanol–water partition coefficient (Wildman–Crippen LogP) is 5.46. The summed E-state index contributed by atoms with van der Waals surface area (Å²) in [4.78, 5) is 0. The van der Waals surface area contributed by atoms with Crippen LogP contribution in [0.1, 0.15) is 37.7 Å². The lowest BCUT2D eigenvalue weighted by Gasteiger charge is -2.13. The summed E-state index contributed by atoms with van der Waals surface area (Å²) in [6.45, 7) is 0.814. The van der Waals surface area contributed by atoms with Gasteiger partial charge in [-0.05, 0) is 46.5 Å². The largest absolute Gasteiger partial charge is 0.416 e. The van der Waals surface area contributed by atoms with Crippen LogP contribution in [0.15, 0.2) is 22.7 Å². The molecule has 0 spiro atoms. The zero-order chi connectivity index (χ0) is 13.9. The number of benzene rings is 1. The van der Waals surface area contributed by atoms with Gasteiger partial charge in [-0.2, -0.15) is 13.2 Å². The van der Waals surface area contributed by atoms with Gasteiger partial charge in [0.05, 0.1) is 5.56 Å². The fourth-order valence-electron chi connectivity index (χ4n) is 2.54. The van der Waals surface area contributed by atoms with E-state index in [2.05, 4.69) is 21.2 Å². The lowest BCUT2D eigenvalue weighted by Crippen LogP contribution is -2.08. The summed E-state index contributed by atoms with van der Waals surface area (Å²) >= 11 is 3.19. The normalized spacial score (nSPS) is 16.8. The van der Waals surface area contributed by atoms with E-state index in [0.29, 0.717) is 4.47 Å². The molecule has 2 rings (SSSR count). The lowest BCUT2D eigenvalue weighted by atomic mass is 10.0. The molecule has 0 atom stereocenters. The number of alkyl halides is 3. The van der Waals surface area contributed by atoms with E-state index in [1.54, 1.807) is 0 Å². The summed E-state index contributed by atoms with van der Waals surface area (Å²) in [6, 6.07) is 3.72. The molecule has 5 heteroatoms. The second-order valence-electron chi connectivity index (χ2n) is 5.06. The predicted molar refractivity (Wildman–Crippen MR) is 74.2 cm³/mol. The van der Waals surface area contributed by atoms with Gasteiger partial charge in [-0.25, -0.2) is 0 Å². The molecule has 1 aliphatic rings. The molecular weight excluding hydrogens is 319 g/mol. The van der Waals surface area contributed by atoms with Crippen molar-refractivity contribution in [1.29, 1.82) is 0 Å². The molecule has 0 bridgehead atoms. The molecule has 1 aromatic carbocycles. The first-order valence-corrected chi connectivity index (χ1v) is 7.37. The lowest BCUT2D eigenvalue weighted by molar-refractivity contribution is -0.137. The number of rotatable bonds is 4. The second-order valence-corrected chi connectivity index (χ2v) is 5.91. The zero-order valence-electron chi connectivity index (χ0n) is 10.6. The Morgan fingerprint density at radius 2 is 1.89 bits per heavy atom. The van der Waals surface area contributed by atoms with Crippen LogP contribution >= 0.6 is 15.9 Å². The molecule has 0 heterocycles. The summed E-state index contributed by atoms with van der Waals surface area (Å²) in [7, 11) is 0. The third-order valence-electron chi connectivity index (χ3n) is 3.64. The monoisotopic (exact) mass is 335 g/mol. The first-order chi connectivity index (χ1) is 8.97. The van der Waals surface area contributed by atoms with Gasteiger partial charge >= 0.3 is 6.18 Å². The average Bonchev–Trinajstić information content (AvgIpc) is 2.83. The van der Waals surface area contributed by atoms with Crippen LogP contribution in [0.3, 0.4) is 0 Å². The van der Waals surface area contributed by atoms with Gasteiger partial charge in [0.15, 0.2) is 0 Å². The van der Waals surface area contributed by atoms with E-state index in [1.807, 2.05) is 0 Å². The molecule has 1 saturated carbocycles. The number of halogens is 4. The first kappa shape index (κ1) is 14.7. The van der Waals surface area contributed by atoms with E-state index < -0.39 is 11.7 Å². The summed E-state index contributed by atoms with van der Waals surface area (Å²) in [5.74, 6) is 0.778. The van der Waals surface area contributed by atoms with Crippen molar-refractivity contribution in [3.8, 4) is 0 Å². The van der Waals surface area contributed by atoms with Crippen molar-refractivity contribution in [1.82, 2.24) is 0 Å². The highest BCUT2D eigenvalue weighted by atomic mass is 79.9. The molecule has 1 fully saturated rings. The van der Waals surface area contributed by atoms with Gasteiger partial charge in [0.2, 0.25) is 0 Å². The molecule has 1 aliphatic carbocycles. The van der Waals surface area contributed by atoms with Crippen molar-refractivity contribution < 1.29 is 13.2 Å². The van der Waals surface area contributed by atoms with E-state index in [1.165, 1.54) is 31.7 Å². The maximum Gasteiger partial charge on any atom is 0.416 e. The fourth-order valence-corrected chi connectivity index (χ4v) is 3.06. The molecule has 19 heavy (non-hydrogen) atoms. The molecule has 0 saturated heterocycles. The zero-order valence-corrected chi connectivity index (χ0v) is 12.1. The van der Waals surface area contributed by atoms with Crippen LogP contribution in [-0.4, -0.2) is 6.54 Å². The Kier molecular flexibility index (Phi) is 4.76. The smallest absolute Gasteiger partial charge is 0.384 e. The highest BCUT2D eigenvalue weighted by Gasteiger charge is 2.30. The maximum atomic E-state index is 12.5. The van der Waals surface area contributed by atoms with Gasteiger partial charge < -0.3 is 5.32 Å². The maximum absolute atomic E-state index is 12.5. The fraction of sp³-hybridized carbons (Fsp3) is 0.571. The number of hydrogen-bond donors (Lipinski definition) is 1. The third-order valence-corrected chi connectivity index (χ3v) is 4.30. The molecular formula is C14H17BrF3N. The highest BCUT2D eigenvalue weighted by molar-refractivity contribution is 9.10. The molecule has 106 valence electrons. The Balaban J connectivity index is 1.90. The topological polar surface area (TPSA) is 12.0 Å². The van der Waals surface area contributed by atoms with Crippen LogP contribution in [0.2, 0.25) is 0 Å². The summed E-state index contributed by atoms with van der Waals surface area (Å²) in [6.07, 6.45) is 2.01. The molecule has 0 radical (unpaired) electrons. The van der Waals surface area contributed by atoms with E-state index >= 15 is 0 Å². The van der Waals surface area contributed by atoms with Gasteiger partial charge in [0.1, 0.15) is 0 Å². The Labute approximate surface area is 119 Å². The Hall–Kier alpha value is -0.710. The molecule has 0 aromatic heterocycles. The Morgan fingerprint density at radius 1 is 1.21 bits per heavy atom. The van der Waals surface area contributed by atoms with E-state index in [0.717, 1.165) is 36.7 Å². The van der Waals surface area contributed by atoms with Crippen LogP contribution in [-0.2, 0) is 6.18 Å². The van der Waals surface area contributed by atoms with Crippen LogP contribution in [0.4, 0.5) is 18.9 Å². The number of hydrogen-bond acceptors (Lipinski definition) is 1. The minimum Gasteiger partial charge on any atom is -0.384 e. The standard InChI is InChI=1S/C14H17BrF3N/c15-12-9-11(14(16,17)18)5-6-13(12)19-8-7-10-3-1-2-4-10/h5-6,9-10,19H,1-4,7-8H2. The Bertz CT molecular complexity index is 425. The first-order valence-electron chi connectivity index (χ1n) is 6.57. The summed E-state index contributed by atoms with van der Waals surface area (Å²) in [5.41, 5.74) is 0.103. The molecule has 1 nitrogen and oxygen atoms in total. The average molecular weight is 336 g/mol. The van der Waals surface area contributed by atoms with Crippen LogP contribution in [0.25, 0.3) is 0 Å². The van der Waals surface area contributed by atoms with E-state index in [-0.39, 0.29) is 0 Å². The van der Waals surface area contributed by atoms with Crippen molar-refractivity contribution in [2.45, 2.75) is 38.3 Å². The molecule has 0 aliphatic heterocycles. The van der Waals surface area contributed by atoms with Crippen molar-refractivity contribution in [3.63, 3.8) is 0 Å². The van der Waals surface area contributed by atoms with Gasteiger partial charge in [0, 0.05) is 16.7 Å². The van der Waals surface area contributed by atoms with Crippen molar-refractivity contribution >= 4 is 21.6 Å². The Morgan fingerprint density at radius 3 is 2.47 bits per heavy atom. The quantitative estimate of drug-likeness (QED) is 0.770. The SMILES string of the molecule is FC(F)(F)c1ccc(NCCC2CCCC2)c(Br)c1.